The van der Waals surface area contributed by atoms with Crippen LogP contribution in [0.4, 0.5) is 0 Å². The quantitative estimate of drug-likeness (QED) is 0.912. The molecule has 3 heteroatoms. The number of hydrogen-bond acceptors (Lipinski definition) is 2. The zero-order chi connectivity index (χ0) is 13.4. The van der Waals surface area contributed by atoms with Crippen molar-refractivity contribution in [2.45, 2.75) is 38.8 Å². The number of aromatic nitrogens is 2. The van der Waals surface area contributed by atoms with Gasteiger partial charge in [0, 0.05) is 6.54 Å². The van der Waals surface area contributed by atoms with Crippen LogP contribution in [0, 0.1) is 12.8 Å². The lowest BCUT2D eigenvalue weighted by Crippen LogP contribution is -2.18. The molecule has 2 aromatic rings. The van der Waals surface area contributed by atoms with Crippen LogP contribution in [-0.4, -0.2) is 9.78 Å². The Bertz CT molecular complexity index is 559. The molecule has 1 heterocycles. The SMILES string of the molecule is CCn1nc(C)cc1C(N)C1CC1c1ccccc1. The summed E-state index contributed by atoms with van der Waals surface area (Å²) in [6.07, 6.45) is 1.19. The largest absolute Gasteiger partial charge is 0.322 e. The van der Waals surface area contributed by atoms with Gasteiger partial charge in [0.2, 0.25) is 0 Å². The van der Waals surface area contributed by atoms with Gasteiger partial charge in [0.1, 0.15) is 0 Å². The Kier molecular flexibility index (Phi) is 3.15. The van der Waals surface area contributed by atoms with Crippen molar-refractivity contribution in [2.24, 2.45) is 11.7 Å². The molecule has 1 aliphatic carbocycles. The van der Waals surface area contributed by atoms with E-state index in [0.717, 1.165) is 12.2 Å². The molecule has 1 aliphatic rings. The maximum atomic E-state index is 6.46. The summed E-state index contributed by atoms with van der Waals surface area (Å²) in [5.74, 6) is 1.18. The van der Waals surface area contributed by atoms with Crippen LogP contribution in [0.1, 0.15) is 42.3 Å². The monoisotopic (exact) mass is 255 g/mol. The second kappa shape index (κ2) is 4.82. The molecule has 0 aliphatic heterocycles. The summed E-state index contributed by atoms with van der Waals surface area (Å²) in [7, 11) is 0. The van der Waals surface area contributed by atoms with Crippen LogP contribution in [0.5, 0.6) is 0 Å². The van der Waals surface area contributed by atoms with E-state index in [4.69, 9.17) is 5.73 Å². The summed E-state index contributed by atoms with van der Waals surface area (Å²) < 4.78 is 2.04. The first kappa shape index (κ1) is 12.4. The minimum atomic E-state index is 0.103. The molecular weight excluding hydrogens is 234 g/mol. The molecular formula is C16H21N3. The van der Waals surface area contributed by atoms with Gasteiger partial charge in [-0.15, -0.1) is 0 Å². The molecule has 0 bridgehead atoms. The molecule has 3 unspecified atom stereocenters. The van der Waals surface area contributed by atoms with Crippen LogP contribution in [-0.2, 0) is 6.54 Å². The van der Waals surface area contributed by atoms with Crippen LogP contribution >= 0.6 is 0 Å². The Morgan fingerprint density at radius 2 is 2.11 bits per heavy atom. The van der Waals surface area contributed by atoms with Crippen LogP contribution in [0.3, 0.4) is 0 Å². The molecule has 1 aromatic heterocycles. The van der Waals surface area contributed by atoms with Crippen molar-refractivity contribution in [1.29, 1.82) is 0 Å². The second-order valence-corrected chi connectivity index (χ2v) is 5.47. The first-order valence-electron chi connectivity index (χ1n) is 7.05. The zero-order valence-corrected chi connectivity index (χ0v) is 11.6. The average molecular weight is 255 g/mol. The maximum Gasteiger partial charge on any atom is 0.0597 e. The van der Waals surface area contributed by atoms with Gasteiger partial charge in [0.15, 0.2) is 0 Å². The van der Waals surface area contributed by atoms with E-state index in [1.165, 1.54) is 17.7 Å². The Labute approximate surface area is 114 Å². The number of benzene rings is 1. The minimum Gasteiger partial charge on any atom is -0.322 e. The van der Waals surface area contributed by atoms with E-state index in [-0.39, 0.29) is 6.04 Å². The summed E-state index contributed by atoms with van der Waals surface area (Å²) in [6.45, 7) is 5.04. The van der Waals surface area contributed by atoms with E-state index in [2.05, 4.69) is 48.4 Å². The summed E-state index contributed by atoms with van der Waals surface area (Å²) in [5, 5.41) is 4.49. The topological polar surface area (TPSA) is 43.8 Å². The normalized spacial score (nSPS) is 23.3. The smallest absolute Gasteiger partial charge is 0.0597 e. The molecule has 0 amide bonds. The fourth-order valence-corrected chi connectivity index (χ4v) is 3.00. The fraction of sp³-hybridized carbons (Fsp3) is 0.438. The van der Waals surface area contributed by atoms with Crippen molar-refractivity contribution in [2.75, 3.05) is 0 Å². The first-order chi connectivity index (χ1) is 9.20. The van der Waals surface area contributed by atoms with Gasteiger partial charge in [0.05, 0.1) is 17.4 Å². The summed E-state index contributed by atoms with van der Waals surface area (Å²) >= 11 is 0. The van der Waals surface area contributed by atoms with E-state index in [1.807, 2.05) is 11.6 Å². The Morgan fingerprint density at radius 3 is 2.79 bits per heavy atom. The summed E-state index contributed by atoms with van der Waals surface area (Å²) in [5.41, 5.74) is 10.1. The predicted octanol–water partition coefficient (Wildman–Crippen LogP) is 3.01. The molecule has 1 aromatic carbocycles. The third-order valence-corrected chi connectivity index (χ3v) is 4.10. The van der Waals surface area contributed by atoms with Gasteiger partial charge in [-0.05, 0) is 43.7 Å². The number of rotatable bonds is 4. The number of hydrogen-bond donors (Lipinski definition) is 1. The highest BCUT2D eigenvalue weighted by molar-refractivity contribution is 5.29. The van der Waals surface area contributed by atoms with Gasteiger partial charge in [0.25, 0.3) is 0 Å². The molecule has 3 atom stereocenters. The zero-order valence-electron chi connectivity index (χ0n) is 11.6. The van der Waals surface area contributed by atoms with Crippen LogP contribution in [0.15, 0.2) is 36.4 Å². The van der Waals surface area contributed by atoms with Gasteiger partial charge in [-0.1, -0.05) is 30.3 Å². The van der Waals surface area contributed by atoms with Crippen molar-refractivity contribution in [3.8, 4) is 0 Å². The van der Waals surface area contributed by atoms with Gasteiger partial charge in [-0.25, -0.2) is 0 Å². The molecule has 2 N–H and O–H groups in total. The number of nitrogens with zero attached hydrogens (tertiary/aromatic N) is 2. The molecule has 1 fully saturated rings. The van der Waals surface area contributed by atoms with E-state index in [9.17, 15) is 0 Å². The highest BCUT2D eigenvalue weighted by Gasteiger charge is 2.43. The summed E-state index contributed by atoms with van der Waals surface area (Å²) in [6, 6.07) is 12.9. The van der Waals surface area contributed by atoms with E-state index in [0.29, 0.717) is 11.8 Å². The highest BCUT2D eigenvalue weighted by atomic mass is 15.3. The maximum absolute atomic E-state index is 6.46. The van der Waals surface area contributed by atoms with Gasteiger partial charge in [-0.2, -0.15) is 5.10 Å². The molecule has 0 radical (unpaired) electrons. The first-order valence-corrected chi connectivity index (χ1v) is 7.05. The minimum absolute atomic E-state index is 0.103. The van der Waals surface area contributed by atoms with E-state index < -0.39 is 0 Å². The van der Waals surface area contributed by atoms with Crippen LogP contribution in [0.2, 0.25) is 0 Å². The predicted molar refractivity (Wildman–Crippen MR) is 76.9 cm³/mol. The second-order valence-electron chi connectivity index (χ2n) is 5.47. The van der Waals surface area contributed by atoms with Crippen molar-refractivity contribution in [1.82, 2.24) is 9.78 Å². The molecule has 0 spiro atoms. The Hall–Kier alpha value is -1.61. The lowest BCUT2D eigenvalue weighted by molar-refractivity contribution is 0.526. The molecule has 1 saturated carbocycles. The molecule has 19 heavy (non-hydrogen) atoms. The average Bonchev–Trinajstić information content (AvgIpc) is 3.15. The van der Waals surface area contributed by atoms with Crippen LogP contribution in [0.25, 0.3) is 0 Å². The van der Waals surface area contributed by atoms with E-state index >= 15 is 0 Å². The Balaban J connectivity index is 1.78. The van der Waals surface area contributed by atoms with Gasteiger partial charge in [-0.3, -0.25) is 4.68 Å². The van der Waals surface area contributed by atoms with Crippen molar-refractivity contribution < 1.29 is 0 Å². The highest BCUT2D eigenvalue weighted by Crippen LogP contribution is 2.53. The van der Waals surface area contributed by atoms with Crippen molar-refractivity contribution in [3.63, 3.8) is 0 Å². The molecule has 3 rings (SSSR count). The molecule has 3 nitrogen and oxygen atoms in total. The lowest BCUT2D eigenvalue weighted by Gasteiger charge is -2.13. The fourth-order valence-electron chi connectivity index (χ4n) is 3.00. The number of aryl methyl sites for hydroxylation is 2. The third kappa shape index (κ3) is 2.30. The van der Waals surface area contributed by atoms with Crippen molar-refractivity contribution in [3.05, 3.63) is 53.3 Å². The van der Waals surface area contributed by atoms with Gasteiger partial charge >= 0.3 is 0 Å². The standard InChI is InChI=1S/C16H21N3/c1-3-19-15(9-11(2)18-19)16(17)14-10-13(14)12-7-5-4-6-8-12/h4-9,13-14,16H,3,10,17H2,1-2H3. The summed E-state index contributed by atoms with van der Waals surface area (Å²) in [4.78, 5) is 0. The third-order valence-electron chi connectivity index (χ3n) is 4.10. The Morgan fingerprint density at radius 1 is 1.37 bits per heavy atom. The van der Waals surface area contributed by atoms with Crippen LogP contribution < -0.4 is 5.73 Å². The number of nitrogens with two attached hydrogens (primary N) is 1. The molecule has 0 saturated heterocycles. The van der Waals surface area contributed by atoms with Crippen molar-refractivity contribution >= 4 is 0 Å². The van der Waals surface area contributed by atoms with E-state index in [1.54, 1.807) is 0 Å². The lowest BCUT2D eigenvalue weighted by atomic mass is 10.0. The molecule has 100 valence electrons. The van der Waals surface area contributed by atoms with Gasteiger partial charge < -0.3 is 5.73 Å².